The number of methoxy groups -OCH3 is 2. The van der Waals surface area contributed by atoms with Crippen LogP contribution < -0.4 is 20.9 Å². The van der Waals surface area contributed by atoms with Gasteiger partial charge in [-0.3, -0.25) is 4.57 Å². The fourth-order valence-electron chi connectivity index (χ4n) is 1.96. The molecule has 1 aromatic carbocycles. The molecule has 0 bridgehead atoms. The lowest BCUT2D eigenvalue weighted by molar-refractivity contribution is 0.390. The van der Waals surface area contributed by atoms with Gasteiger partial charge in [0, 0.05) is 12.6 Å². The van der Waals surface area contributed by atoms with Crippen LogP contribution >= 0.6 is 0 Å². The largest absolute Gasteiger partial charge is 0.497 e. The normalized spacial score (nSPS) is 12.2. The van der Waals surface area contributed by atoms with Crippen molar-refractivity contribution in [1.29, 1.82) is 0 Å². The van der Waals surface area contributed by atoms with Crippen LogP contribution in [-0.4, -0.2) is 28.6 Å². The van der Waals surface area contributed by atoms with E-state index in [0.29, 0.717) is 11.5 Å². The zero-order valence-electron chi connectivity index (χ0n) is 11.7. The first-order valence-electron chi connectivity index (χ1n) is 6.12. The van der Waals surface area contributed by atoms with Crippen LogP contribution in [0.15, 0.2) is 29.3 Å². The lowest BCUT2D eigenvalue weighted by atomic mass is 10.1. The summed E-state index contributed by atoms with van der Waals surface area (Å²) >= 11 is 0. The summed E-state index contributed by atoms with van der Waals surface area (Å²) in [6, 6.07) is 4.96. The third-order valence-electron chi connectivity index (χ3n) is 3.09. The molecule has 7 nitrogen and oxygen atoms in total. The van der Waals surface area contributed by atoms with Gasteiger partial charge in [0.15, 0.2) is 0 Å². The molecule has 7 heteroatoms. The predicted octanol–water partition coefficient (Wildman–Crippen LogP) is 0.299. The van der Waals surface area contributed by atoms with E-state index in [1.165, 1.54) is 15.6 Å². The van der Waals surface area contributed by atoms with E-state index < -0.39 is 6.04 Å². The lowest BCUT2D eigenvalue weighted by Crippen LogP contribution is -2.28. The first-order chi connectivity index (χ1) is 9.56. The number of aryl methyl sites for hydroxylation is 1. The summed E-state index contributed by atoms with van der Waals surface area (Å²) in [6.45, 7) is 0.267. The van der Waals surface area contributed by atoms with Crippen molar-refractivity contribution in [2.24, 2.45) is 12.8 Å². The molecule has 0 aliphatic rings. The number of nitrogens with zero attached hydrogens (tertiary/aromatic N) is 3. The van der Waals surface area contributed by atoms with E-state index in [4.69, 9.17) is 15.2 Å². The highest BCUT2D eigenvalue weighted by Crippen LogP contribution is 2.28. The molecule has 1 heterocycles. The number of hydrogen-bond acceptors (Lipinski definition) is 5. The van der Waals surface area contributed by atoms with E-state index in [9.17, 15) is 4.79 Å². The SMILES string of the molecule is COc1ccc(OC)c(C(N)Cn2ncn(C)c2=O)c1. The Labute approximate surface area is 116 Å². The van der Waals surface area contributed by atoms with Crippen LogP contribution in [0.2, 0.25) is 0 Å². The molecule has 1 atom stereocenters. The maximum Gasteiger partial charge on any atom is 0.345 e. The van der Waals surface area contributed by atoms with Gasteiger partial charge in [-0.25, -0.2) is 9.48 Å². The number of aromatic nitrogens is 3. The van der Waals surface area contributed by atoms with Crippen molar-refractivity contribution in [3.05, 3.63) is 40.6 Å². The molecule has 1 aromatic heterocycles. The maximum atomic E-state index is 11.8. The Kier molecular flexibility index (Phi) is 4.09. The smallest absolute Gasteiger partial charge is 0.345 e. The van der Waals surface area contributed by atoms with Gasteiger partial charge in [-0.15, -0.1) is 0 Å². The van der Waals surface area contributed by atoms with Crippen molar-refractivity contribution in [2.75, 3.05) is 14.2 Å². The second-order valence-electron chi connectivity index (χ2n) is 4.42. The quantitative estimate of drug-likeness (QED) is 0.850. The molecular formula is C13H18N4O3. The Hall–Kier alpha value is -2.28. The van der Waals surface area contributed by atoms with Gasteiger partial charge in [0.2, 0.25) is 0 Å². The molecule has 0 amide bonds. The van der Waals surface area contributed by atoms with Crippen LogP contribution in [0.25, 0.3) is 0 Å². The third kappa shape index (κ3) is 2.67. The van der Waals surface area contributed by atoms with Gasteiger partial charge in [-0.1, -0.05) is 0 Å². The number of nitrogens with two attached hydrogens (primary N) is 1. The fourth-order valence-corrected chi connectivity index (χ4v) is 1.96. The van der Waals surface area contributed by atoms with Crippen molar-refractivity contribution in [2.45, 2.75) is 12.6 Å². The third-order valence-corrected chi connectivity index (χ3v) is 3.09. The molecule has 108 valence electrons. The first-order valence-corrected chi connectivity index (χ1v) is 6.12. The van der Waals surface area contributed by atoms with Crippen LogP contribution in [0, 0.1) is 0 Å². The molecule has 0 saturated carbocycles. The second-order valence-corrected chi connectivity index (χ2v) is 4.42. The Balaban J connectivity index is 2.30. The van der Waals surface area contributed by atoms with E-state index in [1.807, 2.05) is 0 Å². The van der Waals surface area contributed by atoms with E-state index >= 15 is 0 Å². The topological polar surface area (TPSA) is 84.3 Å². The van der Waals surface area contributed by atoms with E-state index in [-0.39, 0.29) is 12.2 Å². The standard InChI is InChI=1S/C13H18N4O3/c1-16-8-15-17(13(16)18)7-11(14)10-6-9(19-2)4-5-12(10)20-3/h4-6,8,11H,7,14H2,1-3H3. The minimum atomic E-state index is -0.423. The van der Waals surface area contributed by atoms with Crippen LogP contribution in [0.1, 0.15) is 11.6 Å². The van der Waals surface area contributed by atoms with Gasteiger partial charge in [-0.05, 0) is 18.2 Å². The summed E-state index contributed by atoms with van der Waals surface area (Å²) < 4.78 is 13.2. The molecule has 2 aromatic rings. The second kappa shape index (κ2) is 5.79. The predicted molar refractivity (Wildman–Crippen MR) is 73.9 cm³/mol. The van der Waals surface area contributed by atoms with Crippen LogP contribution in [0.5, 0.6) is 11.5 Å². The highest BCUT2D eigenvalue weighted by atomic mass is 16.5. The minimum absolute atomic E-state index is 0.206. The monoisotopic (exact) mass is 278 g/mol. The van der Waals surface area contributed by atoms with Crippen LogP contribution in [0.3, 0.4) is 0 Å². The van der Waals surface area contributed by atoms with Gasteiger partial charge in [0.25, 0.3) is 0 Å². The summed E-state index contributed by atoms with van der Waals surface area (Å²) in [5, 5.41) is 3.99. The van der Waals surface area contributed by atoms with Gasteiger partial charge in [0.05, 0.1) is 26.8 Å². The average Bonchev–Trinajstić information content (AvgIpc) is 2.78. The molecule has 0 saturated heterocycles. The minimum Gasteiger partial charge on any atom is -0.497 e. The van der Waals surface area contributed by atoms with Crippen molar-refractivity contribution < 1.29 is 9.47 Å². The Bertz CT molecular complexity index is 647. The average molecular weight is 278 g/mol. The molecule has 0 radical (unpaired) electrons. The number of benzene rings is 1. The Morgan fingerprint density at radius 1 is 1.35 bits per heavy atom. The van der Waals surface area contributed by atoms with Crippen molar-refractivity contribution in [3.8, 4) is 11.5 Å². The van der Waals surface area contributed by atoms with Gasteiger partial charge in [-0.2, -0.15) is 5.10 Å². The maximum absolute atomic E-state index is 11.8. The molecule has 20 heavy (non-hydrogen) atoms. The van der Waals surface area contributed by atoms with Crippen molar-refractivity contribution in [1.82, 2.24) is 14.3 Å². The van der Waals surface area contributed by atoms with E-state index in [0.717, 1.165) is 5.56 Å². The van der Waals surface area contributed by atoms with Gasteiger partial charge in [0.1, 0.15) is 17.8 Å². The van der Waals surface area contributed by atoms with E-state index in [1.54, 1.807) is 39.5 Å². The highest BCUT2D eigenvalue weighted by Gasteiger charge is 2.15. The van der Waals surface area contributed by atoms with Crippen molar-refractivity contribution >= 4 is 0 Å². The van der Waals surface area contributed by atoms with Gasteiger partial charge < -0.3 is 15.2 Å². The molecule has 0 aliphatic carbocycles. The molecule has 0 spiro atoms. The fraction of sp³-hybridized carbons (Fsp3) is 0.385. The zero-order chi connectivity index (χ0) is 14.7. The highest BCUT2D eigenvalue weighted by molar-refractivity contribution is 5.42. The summed E-state index contributed by atoms with van der Waals surface area (Å²) in [5.41, 5.74) is 6.72. The Morgan fingerprint density at radius 3 is 2.65 bits per heavy atom. The van der Waals surface area contributed by atoms with Gasteiger partial charge >= 0.3 is 5.69 Å². The van der Waals surface area contributed by atoms with Crippen LogP contribution in [0.4, 0.5) is 0 Å². The summed E-state index contributed by atoms with van der Waals surface area (Å²) in [7, 11) is 4.80. The summed E-state index contributed by atoms with van der Waals surface area (Å²) in [6.07, 6.45) is 1.46. The first kappa shape index (κ1) is 14.1. The summed E-state index contributed by atoms with van der Waals surface area (Å²) in [5.74, 6) is 1.34. The molecule has 0 fully saturated rings. The Morgan fingerprint density at radius 2 is 2.10 bits per heavy atom. The van der Waals surface area contributed by atoms with Crippen molar-refractivity contribution in [3.63, 3.8) is 0 Å². The molecular weight excluding hydrogens is 260 g/mol. The lowest BCUT2D eigenvalue weighted by Gasteiger charge is -2.16. The van der Waals surface area contributed by atoms with Crippen LogP contribution in [-0.2, 0) is 13.6 Å². The van der Waals surface area contributed by atoms with E-state index in [2.05, 4.69) is 5.10 Å². The number of ether oxygens (including phenoxy) is 2. The molecule has 2 rings (SSSR count). The molecule has 2 N–H and O–H groups in total. The summed E-state index contributed by atoms with van der Waals surface area (Å²) in [4.78, 5) is 11.8. The molecule has 0 aliphatic heterocycles. The zero-order valence-corrected chi connectivity index (χ0v) is 11.7. The number of rotatable bonds is 5. The molecule has 1 unspecified atom stereocenters. The number of hydrogen-bond donors (Lipinski definition) is 1.